The van der Waals surface area contributed by atoms with E-state index in [1.807, 2.05) is 115 Å². The third kappa shape index (κ3) is 8.47. The van der Waals surface area contributed by atoms with Crippen molar-refractivity contribution < 1.29 is 24.0 Å². The number of hydrogen-bond donors (Lipinski definition) is 2. The molecule has 61 heavy (non-hydrogen) atoms. The maximum atomic E-state index is 14.2. The van der Waals surface area contributed by atoms with Crippen molar-refractivity contribution in [1.82, 2.24) is 15.2 Å². The number of ether oxygens (including phenoxy) is 1. The number of oxime groups is 1. The third-order valence-corrected chi connectivity index (χ3v) is 12.8. The first-order chi connectivity index (χ1) is 29.9. The maximum absolute atomic E-state index is 14.2. The summed E-state index contributed by atoms with van der Waals surface area (Å²) in [5.41, 5.74) is 4.37. The Labute approximate surface area is 367 Å². The van der Waals surface area contributed by atoms with E-state index in [1.165, 1.54) is 34.1 Å². The number of β-lactam (4-membered cyclic amide) rings is 1. The molecule has 1 fully saturated rings. The molecule has 1 saturated heterocycles. The van der Waals surface area contributed by atoms with Crippen molar-refractivity contribution in [2.75, 3.05) is 23.6 Å². The van der Waals surface area contributed by atoms with Crippen LogP contribution in [0.2, 0.25) is 0 Å². The van der Waals surface area contributed by atoms with E-state index in [-0.39, 0.29) is 29.6 Å². The van der Waals surface area contributed by atoms with E-state index in [9.17, 15) is 14.4 Å². The first kappa shape index (κ1) is 41.3. The van der Waals surface area contributed by atoms with E-state index in [4.69, 9.17) is 26.2 Å². The molecular formula is C48H40ClN5O5S2. The van der Waals surface area contributed by atoms with Crippen molar-refractivity contribution in [2.24, 2.45) is 5.16 Å². The summed E-state index contributed by atoms with van der Waals surface area (Å²) < 4.78 is 6.18. The van der Waals surface area contributed by atoms with Gasteiger partial charge in [0.15, 0.2) is 16.9 Å². The van der Waals surface area contributed by atoms with Gasteiger partial charge < -0.3 is 20.2 Å². The maximum Gasteiger partial charge on any atom is 0.356 e. The highest BCUT2D eigenvalue weighted by molar-refractivity contribution is 8.00. The number of esters is 1. The monoisotopic (exact) mass is 865 g/mol. The third-order valence-electron chi connectivity index (χ3n) is 10.3. The molecule has 1 aromatic heterocycles. The fraction of sp³-hybridized carbons (Fsp3) is 0.146. The number of amides is 2. The fourth-order valence-corrected chi connectivity index (χ4v) is 9.90. The highest BCUT2D eigenvalue weighted by Gasteiger charge is 2.55. The molecule has 2 aliphatic heterocycles. The zero-order chi connectivity index (χ0) is 42.2. The lowest BCUT2D eigenvalue weighted by atomic mass is 9.77. The van der Waals surface area contributed by atoms with Crippen molar-refractivity contribution in [3.05, 3.63) is 214 Å². The van der Waals surface area contributed by atoms with Gasteiger partial charge in [-0.3, -0.25) is 14.5 Å². The van der Waals surface area contributed by atoms with Crippen molar-refractivity contribution in [3.8, 4) is 0 Å². The van der Waals surface area contributed by atoms with Crippen LogP contribution in [0, 0.1) is 0 Å². The highest BCUT2D eigenvalue weighted by Crippen LogP contribution is 2.43. The fourth-order valence-electron chi connectivity index (χ4n) is 7.47. The number of halogens is 1. The Morgan fingerprint density at radius 1 is 0.852 bits per heavy atom. The predicted octanol–water partition coefficient (Wildman–Crippen LogP) is 8.68. The number of aromatic nitrogens is 1. The first-order valence-electron chi connectivity index (χ1n) is 19.5. The minimum atomic E-state index is -0.987. The second-order valence-corrected chi connectivity index (χ2v) is 16.3. The van der Waals surface area contributed by atoms with Gasteiger partial charge in [-0.1, -0.05) is 169 Å². The Bertz CT molecular complexity index is 2420. The van der Waals surface area contributed by atoms with Crippen LogP contribution in [-0.2, 0) is 29.5 Å². The van der Waals surface area contributed by atoms with E-state index in [2.05, 4.69) is 58.8 Å². The average molecular weight is 866 g/mol. The van der Waals surface area contributed by atoms with Gasteiger partial charge >= 0.3 is 5.97 Å². The molecule has 2 unspecified atom stereocenters. The molecule has 2 aliphatic rings. The van der Waals surface area contributed by atoms with Crippen molar-refractivity contribution >= 4 is 63.3 Å². The van der Waals surface area contributed by atoms with Gasteiger partial charge in [0.05, 0.1) is 0 Å². The lowest BCUT2D eigenvalue weighted by Crippen LogP contribution is -2.71. The normalized spacial score (nSPS) is 16.3. The van der Waals surface area contributed by atoms with Crippen molar-refractivity contribution in [3.63, 3.8) is 0 Å². The van der Waals surface area contributed by atoms with Crippen LogP contribution in [0.5, 0.6) is 0 Å². The lowest BCUT2D eigenvalue weighted by Gasteiger charge is -2.49. The minimum Gasteiger partial charge on any atom is -0.448 e. The lowest BCUT2D eigenvalue weighted by molar-refractivity contribution is -0.154. The van der Waals surface area contributed by atoms with Gasteiger partial charge in [-0.2, -0.15) is 0 Å². The number of hydrogen-bond acceptors (Lipinski definition) is 10. The largest absolute Gasteiger partial charge is 0.448 e. The molecule has 2 N–H and O–H groups in total. The smallest absolute Gasteiger partial charge is 0.356 e. The van der Waals surface area contributed by atoms with Crippen LogP contribution in [0.25, 0.3) is 0 Å². The molecule has 306 valence electrons. The molecule has 0 spiro atoms. The number of carbonyl (C=O) groups excluding carboxylic acids is 3. The topological polar surface area (TPSA) is 122 Å². The van der Waals surface area contributed by atoms with Gasteiger partial charge in [0, 0.05) is 17.0 Å². The molecular weight excluding hydrogens is 826 g/mol. The first-order valence-corrected chi connectivity index (χ1v) is 21.9. The Hall–Kier alpha value is -6.47. The summed E-state index contributed by atoms with van der Waals surface area (Å²) in [7, 11) is 0. The number of thioether (sulfide) groups is 1. The average Bonchev–Trinajstić information content (AvgIpc) is 3.79. The summed E-state index contributed by atoms with van der Waals surface area (Å²) >= 11 is 9.08. The molecule has 6 aromatic rings. The number of rotatable bonds is 16. The van der Waals surface area contributed by atoms with Gasteiger partial charge in [0.1, 0.15) is 35.0 Å². The molecule has 2 amide bonds. The van der Waals surface area contributed by atoms with E-state index in [1.54, 1.807) is 5.38 Å². The number of nitrogens with zero attached hydrogens (tertiary/aromatic N) is 3. The summed E-state index contributed by atoms with van der Waals surface area (Å²) in [6, 6.07) is 48.1. The van der Waals surface area contributed by atoms with Crippen LogP contribution in [0.4, 0.5) is 5.13 Å². The van der Waals surface area contributed by atoms with E-state index < -0.39 is 40.8 Å². The number of nitrogens with one attached hydrogen (secondary N) is 2. The summed E-state index contributed by atoms with van der Waals surface area (Å²) in [4.78, 5) is 54.1. The van der Waals surface area contributed by atoms with Crippen molar-refractivity contribution in [2.45, 2.75) is 23.1 Å². The number of alkyl halides is 1. The molecule has 13 heteroatoms. The molecule has 0 saturated carbocycles. The van der Waals surface area contributed by atoms with Gasteiger partial charge in [-0.05, 0) is 33.4 Å². The number of carbonyl (C=O) groups is 3. The molecule has 8 rings (SSSR count). The SMILES string of the molecule is C=CCO/N=C(\C(=O)NC1C(=O)N2C(C(=O)OC(c3ccccc3)c3ccccc3)=C(CCl)CSC12)c1csc(NC(c2ccccc2)(c2ccccc2)c2ccccc2)n1. The van der Waals surface area contributed by atoms with Gasteiger partial charge in [0.25, 0.3) is 11.8 Å². The molecule has 0 aliphatic carbocycles. The number of fused-ring (bicyclic) bond motifs is 1. The van der Waals surface area contributed by atoms with Crippen LogP contribution < -0.4 is 10.6 Å². The van der Waals surface area contributed by atoms with Crippen LogP contribution in [-0.4, -0.2) is 63.0 Å². The summed E-state index contributed by atoms with van der Waals surface area (Å²) in [5.74, 6) is -1.47. The van der Waals surface area contributed by atoms with E-state index in [0.717, 1.165) is 27.8 Å². The van der Waals surface area contributed by atoms with Crippen LogP contribution >= 0.6 is 34.7 Å². The van der Waals surface area contributed by atoms with Crippen LogP contribution in [0.3, 0.4) is 0 Å². The Morgan fingerprint density at radius 3 is 1.89 bits per heavy atom. The second-order valence-electron chi connectivity index (χ2n) is 14.1. The Morgan fingerprint density at radius 2 is 1.38 bits per heavy atom. The number of benzene rings is 5. The zero-order valence-corrected chi connectivity index (χ0v) is 35.1. The minimum absolute atomic E-state index is 0.0179. The zero-order valence-electron chi connectivity index (χ0n) is 32.7. The number of thiazole rings is 1. The summed E-state index contributed by atoms with van der Waals surface area (Å²) in [6.07, 6.45) is 0.776. The quantitative estimate of drug-likeness (QED) is 0.0145. The Balaban J connectivity index is 1.05. The predicted molar refractivity (Wildman–Crippen MR) is 241 cm³/mol. The van der Waals surface area contributed by atoms with Gasteiger partial charge in [-0.25, -0.2) is 9.78 Å². The summed E-state index contributed by atoms with van der Waals surface area (Å²) in [5, 5.41) is 12.4. The van der Waals surface area contributed by atoms with Gasteiger partial charge in [-0.15, -0.1) is 34.7 Å². The Kier molecular flexibility index (Phi) is 12.8. The van der Waals surface area contributed by atoms with Crippen molar-refractivity contribution in [1.29, 1.82) is 0 Å². The standard InChI is InChI=1S/C48H40ClN5O5S2/c1-2-28-58-53-39(38-31-61-47(50-38)52-48(35-22-12-5-13-23-35,36-24-14-6-15-25-36)37-26-16-7-17-27-37)43(55)51-40-44(56)54-41(34(29-49)30-60-45(40)54)46(57)59-42(32-18-8-3-9-19-32)33-20-10-4-11-21-33/h2-27,31,40,42,45H,1,28-30H2,(H,50,52)(H,51,55)/b53-39-. The number of anilines is 1. The van der Waals surface area contributed by atoms with Crippen LogP contribution in [0.15, 0.2) is 186 Å². The van der Waals surface area contributed by atoms with Gasteiger partial charge in [0.2, 0.25) is 0 Å². The molecule has 0 radical (unpaired) electrons. The molecule has 0 bridgehead atoms. The summed E-state index contributed by atoms with van der Waals surface area (Å²) in [6.45, 7) is 3.73. The van der Waals surface area contributed by atoms with E-state index in [0.29, 0.717) is 16.5 Å². The second kappa shape index (κ2) is 18.8. The van der Waals surface area contributed by atoms with Crippen LogP contribution in [0.1, 0.15) is 39.6 Å². The molecule has 10 nitrogen and oxygen atoms in total. The molecule has 2 atom stereocenters. The molecule has 5 aromatic carbocycles. The highest BCUT2D eigenvalue weighted by atomic mass is 35.5. The van der Waals surface area contributed by atoms with E-state index >= 15 is 0 Å². The molecule has 3 heterocycles.